The van der Waals surface area contributed by atoms with Crippen LogP contribution in [-0.2, 0) is 11.2 Å². The first kappa shape index (κ1) is 13.2. The van der Waals surface area contributed by atoms with Gasteiger partial charge in [-0.1, -0.05) is 19.9 Å². The summed E-state index contributed by atoms with van der Waals surface area (Å²) in [5, 5.41) is 14.3. The molecule has 0 saturated carbocycles. The predicted octanol–water partition coefficient (Wildman–Crippen LogP) is 2.38. The van der Waals surface area contributed by atoms with Gasteiger partial charge >= 0.3 is 5.97 Å². The summed E-state index contributed by atoms with van der Waals surface area (Å²) in [6.07, 6.45) is 0.883. The highest BCUT2D eigenvalue weighted by atomic mass is 32.1. The predicted molar refractivity (Wildman–Crippen MR) is 66.9 cm³/mol. The van der Waals surface area contributed by atoms with Crippen LogP contribution < -0.4 is 5.32 Å². The first-order chi connectivity index (χ1) is 7.50. The zero-order valence-corrected chi connectivity index (χ0v) is 10.8. The first-order valence-electron chi connectivity index (χ1n) is 5.52. The molecule has 2 unspecified atom stereocenters. The molecule has 0 radical (unpaired) electrons. The summed E-state index contributed by atoms with van der Waals surface area (Å²) in [4.78, 5) is 12.3. The molecule has 0 bridgehead atoms. The third kappa shape index (κ3) is 3.94. The van der Waals surface area contributed by atoms with Crippen LogP contribution >= 0.6 is 11.3 Å². The number of aliphatic carboxylic acids is 1. The zero-order valence-electron chi connectivity index (χ0n) is 9.93. The Morgan fingerprint density at radius 3 is 2.62 bits per heavy atom. The van der Waals surface area contributed by atoms with Crippen molar-refractivity contribution in [3.8, 4) is 0 Å². The lowest BCUT2D eigenvalue weighted by atomic mass is 10.0. The topological polar surface area (TPSA) is 49.3 Å². The van der Waals surface area contributed by atoms with E-state index in [1.807, 2.05) is 32.2 Å². The molecular weight excluding hydrogens is 222 g/mol. The smallest absolute Gasteiger partial charge is 0.320 e. The number of rotatable bonds is 6. The largest absolute Gasteiger partial charge is 0.480 e. The van der Waals surface area contributed by atoms with Gasteiger partial charge in [0.15, 0.2) is 0 Å². The minimum absolute atomic E-state index is 0.100. The minimum Gasteiger partial charge on any atom is -0.480 e. The van der Waals surface area contributed by atoms with E-state index in [9.17, 15) is 4.79 Å². The van der Waals surface area contributed by atoms with Crippen molar-refractivity contribution in [1.29, 1.82) is 0 Å². The first-order valence-corrected chi connectivity index (χ1v) is 6.40. The quantitative estimate of drug-likeness (QED) is 0.804. The van der Waals surface area contributed by atoms with Gasteiger partial charge in [0.2, 0.25) is 0 Å². The molecule has 4 heteroatoms. The van der Waals surface area contributed by atoms with Crippen molar-refractivity contribution in [3.05, 3.63) is 22.4 Å². The molecular formula is C12H19NO2S. The molecule has 0 aliphatic rings. The van der Waals surface area contributed by atoms with Crippen LogP contribution in [0.5, 0.6) is 0 Å². The Bertz CT molecular complexity index is 322. The minimum atomic E-state index is -0.770. The van der Waals surface area contributed by atoms with Gasteiger partial charge in [-0.3, -0.25) is 4.79 Å². The SMILES string of the molecule is CC(Cc1cccs1)NC(C(=O)O)C(C)C. The third-order valence-electron chi connectivity index (χ3n) is 2.48. The molecule has 0 saturated heterocycles. The molecule has 1 heterocycles. The molecule has 0 aromatic carbocycles. The molecule has 2 N–H and O–H groups in total. The normalized spacial score (nSPS) is 15.0. The molecule has 2 atom stereocenters. The van der Waals surface area contributed by atoms with E-state index < -0.39 is 12.0 Å². The second-order valence-electron chi connectivity index (χ2n) is 4.41. The number of hydrogen-bond donors (Lipinski definition) is 2. The average molecular weight is 241 g/mol. The molecule has 0 fully saturated rings. The lowest BCUT2D eigenvalue weighted by Gasteiger charge is -2.22. The van der Waals surface area contributed by atoms with Crippen LogP contribution in [0.2, 0.25) is 0 Å². The molecule has 0 aliphatic heterocycles. The van der Waals surface area contributed by atoms with Crippen LogP contribution in [0.3, 0.4) is 0 Å². The number of thiophene rings is 1. The summed E-state index contributed by atoms with van der Waals surface area (Å²) >= 11 is 1.71. The molecule has 1 aromatic heterocycles. The van der Waals surface area contributed by atoms with E-state index in [0.717, 1.165) is 6.42 Å². The van der Waals surface area contributed by atoms with E-state index in [1.165, 1.54) is 4.88 Å². The van der Waals surface area contributed by atoms with Crippen LogP contribution in [-0.4, -0.2) is 23.2 Å². The fourth-order valence-electron chi connectivity index (χ4n) is 1.64. The number of nitrogens with one attached hydrogen (secondary N) is 1. The molecule has 0 spiro atoms. The number of carbonyl (C=O) groups is 1. The Balaban J connectivity index is 2.49. The highest BCUT2D eigenvalue weighted by Gasteiger charge is 2.22. The van der Waals surface area contributed by atoms with Crippen molar-refractivity contribution in [2.24, 2.45) is 5.92 Å². The molecule has 16 heavy (non-hydrogen) atoms. The van der Waals surface area contributed by atoms with Crippen LogP contribution in [0.4, 0.5) is 0 Å². The third-order valence-corrected chi connectivity index (χ3v) is 3.38. The van der Waals surface area contributed by atoms with E-state index in [1.54, 1.807) is 11.3 Å². The van der Waals surface area contributed by atoms with Gasteiger partial charge in [0.25, 0.3) is 0 Å². The lowest BCUT2D eigenvalue weighted by Crippen LogP contribution is -2.46. The van der Waals surface area contributed by atoms with Gasteiger partial charge in [0, 0.05) is 10.9 Å². The Morgan fingerprint density at radius 2 is 2.19 bits per heavy atom. The summed E-state index contributed by atoms with van der Waals surface area (Å²) in [6, 6.07) is 3.81. The Morgan fingerprint density at radius 1 is 1.50 bits per heavy atom. The van der Waals surface area contributed by atoms with Crippen molar-refractivity contribution in [2.75, 3.05) is 0 Å². The number of hydrogen-bond acceptors (Lipinski definition) is 3. The van der Waals surface area contributed by atoms with Gasteiger partial charge < -0.3 is 10.4 Å². The Hall–Kier alpha value is -0.870. The van der Waals surface area contributed by atoms with Gasteiger partial charge in [-0.05, 0) is 30.7 Å². The second-order valence-corrected chi connectivity index (χ2v) is 5.44. The van der Waals surface area contributed by atoms with E-state index >= 15 is 0 Å². The van der Waals surface area contributed by atoms with Crippen molar-refractivity contribution in [2.45, 2.75) is 39.3 Å². The monoisotopic (exact) mass is 241 g/mol. The van der Waals surface area contributed by atoms with Crippen LogP contribution in [0.15, 0.2) is 17.5 Å². The van der Waals surface area contributed by atoms with Crippen LogP contribution in [0.25, 0.3) is 0 Å². The highest BCUT2D eigenvalue weighted by molar-refractivity contribution is 7.09. The van der Waals surface area contributed by atoms with Crippen LogP contribution in [0, 0.1) is 5.92 Å². The van der Waals surface area contributed by atoms with E-state index in [4.69, 9.17) is 5.11 Å². The van der Waals surface area contributed by atoms with Crippen LogP contribution in [0.1, 0.15) is 25.6 Å². The van der Waals surface area contributed by atoms with E-state index in [2.05, 4.69) is 11.4 Å². The summed E-state index contributed by atoms with van der Waals surface area (Å²) in [5.41, 5.74) is 0. The molecule has 1 rings (SSSR count). The Kier molecular flexibility index (Phi) is 4.96. The maximum Gasteiger partial charge on any atom is 0.320 e. The number of carboxylic acid groups (broad SMARTS) is 1. The van der Waals surface area contributed by atoms with Gasteiger partial charge in [-0.25, -0.2) is 0 Å². The van der Waals surface area contributed by atoms with Crippen molar-refractivity contribution in [1.82, 2.24) is 5.32 Å². The maximum atomic E-state index is 11.0. The molecule has 90 valence electrons. The van der Waals surface area contributed by atoms with E-state index in [-0.39, 0.29) is 12.0 Å². The van der Waals surface area contributed by atoms with E-state index in [0.29, 0.717) is 0 Å². The van der Waals surface area contributed by atoms with Gasteiger partial charge in [-0.2, -0.15) is 0 Å². The summed E-state index contributed by atoms with van der Waals surface area (Å²) in [5.74, 6) is -0.670. The summed E-state index contributed by atoms with van der Waals surface area (Å²) in [7, 11) is 0. The Labute approximate surface area is 100 Å². The number of carboxylic acids is 1. The standard InChI is InChI=1S/C12H19NO2S/c1-8(2)11(12(14)15)13-9(3)7-10-5-4-6-16-10/h4-6,8-9,11,13H,7H2,1-3H3,(H,14,15). The highest BCUT2D eigenvalue weighted by Crippen LogP contribution is 2.12. The summed E-state index contributed by atoms with van der Waals surface area (Å²) < 4.78 is 0. The van der Waals surface area contributed by atoms with Crippen molar-refractivity contribution >= 4 is 17.3 Å². The van der Waals surface area contributed by atoms with Crippen molar-refractivity contribution < 1.29 is 9.90 Å². The van der Waals surface area contributed by atoms with Gasteiger partial charge in [0.05, 0.1) is 0 Å². The maximum absolute atomic E-state index is 11.0. The second kappa shape index (κ2) is 6.01. The fraction of sp³-hybridized carbons (Fsp3) is 0.583. The summed E-state index contributed by atoms with van der Waals surface area (Å²) in [6.45, 7) is 5.87. The average Bonchev–Trinajstić information content (AvgIpc) is 2.65. The lowest BCUT2D eigenvalue weighted by molar-refractivity contribution is -0.140. The zero-order chi connectivity index (χ0) is 12.1. The van der Waals surface area contributed by atoms with Crippen molar-refractivity contribution in [3.63, 3.8) is 0 Å². The van der Waals surface area contributed by atoms with Gasteiger partial charge in [0.1, 0.15) is 6.04 Å². The molecule has 3 nitrogen and oxygen atoms in total. The fourth-order valence-corrected chi connectivity index (χ4v) is 2.48. The molecule has 0 amide bonds. The van der Waals surface area contributed by atoms with Gasteiger partial charge in [-0.15, -0.1) is 11.3 Å². The molecule has 1 aromatic rings. The molecule has 0 aliphatic carbocycles.